The molecule has 0 fully saturated rings. The number of nitrogen functional groups attached to an aromatic ring is 2. The lowest BCUT2D eigenvalue weighted by molar-refractivity contribution is 0.0809. The molecule has 0 radical (unpaired) electrons. The monoisotopic (exact) mass is 1660 g/mol. The van der Waals surface area contributed by atoms with Crippen molar-refractivity contribution in [2.45, 2.75) is 137 Å². The van der Waals surface area contributed by atoms with Crippen molar-refractivity contribution >= 4 is 127 Å². The number of nitrogens with one attached hydrogen (secondary N) is 3. The zero-order valence-electron chi connectivity index (χ0n) is 67.0. The van der Waals surface area contributed by atoms with E-state index < -0.39 is 16.6 Å². The molecular weight excluding hydrogens is 1560 g/mol. The third-order valence-corrected chi connectivity index (χ3v) is 29.9. The van der Waals surface area contributed by atoms with Crippen LogP contribution in [0.2, 0.25) is 56.5 Å². The number of methoxy groups -OCH3 is 3. The topological polar surface area (TPSA) is 326 Å². The number of aliphatic hydroxyl groups excluding tert-OH is 2. The molecule has 3 aliphatic rings. The number of fused-ring (bicyclic) bond motifs is 3. The maximum atomic E-state index is 12.9. The molecule has 0 saturated heterocycles. The molecule has 0 unspecified atom stereocenters. The summed E-state index contributed by atoms with van der Waals surface area (Å²) < 4.78 is 28.7. The minimum absolute atomic E-state index is 0.0206. The Morgan fingerprint density at radius 3 is 1.09 bits per heavy atom. The summed E-state index contributed by atoms with van der Waals surface area (Å²) in [5.41, 5.74) is 25.6. The van der Waals surface area contributed by atoms with E-state index >= 15 is 0 Å². The lowest BCUT2D eigenvalue weighted by Crippen LogP contribution is -2.40. The predicted octanol–water partition coefficient (Wildman–Crippen LogP) is 17.2. The molecule has 10 aromatic rings. The molecule has 7 aromatic heterocycles. The number of aliphatic hydroxyl groups is 2. The fourth-order valence-corrected chi connectivity index (χ4v) is 14.6. The first kappa shape index (κ1) is 87.9. The first-order valence-electron chi connectivity index (χ1n) is 36.5. The Morgan fingerprint density at radius 2 is 0.746 bits per heavy atom. The van der Waals surface area contributed by atoms with Crippen molar-refractivity contribution < 1.29 is 47.7 Å². The highest BCUT2D eigenvalue weighted by Crippen LogP contribution is 2.43. The van der Waals surface area contributed by atoms with Crippen molar-refractivity contribution in [1.82, 2.24) is 49.6 Å². The zero-order valence-corrected chi connectivity index (χ0v) is 72.0. The second-order valence-corrected chi connectivity index (χ2v) is 41.6. The molecule has 602 valence electrons. The van der Waals surface area contributed by atoms with Gasteiger partial charge in [-0.25, -0.2) is 15.0 Å². The third kappa shape index (κ3) is 22.3. The van der Waals surface area contributed by atoms with Crippen molar-refractivity contribution in [2.24, 2.45) is 0 Å². The van der Waals surface area contributed by atoms with Gasteiger partial charge < -0.3 is 75.4 Å². The van der Waals surface area contributed by atoms with E-state index in [4.69, 9.17) is 96.0 Å². The zero-order chi connectivity index (χ0) is 83.1. The van der Waals surface area contributed by atoms with Crippen LogP contribution in [0.4, 0.5) is 45.8 Å². The number of hydrogen-bond acceptors (Lipinski definition) is 22. The number of pyridine rings is 7. The number of hydrogen-bond donors (Lipinski definition) is 7. The van der Waals surface area contributed by atoms with Crippen LogP contribution in [0.5, 0.6) is 17.2 Å². The molecule has 0 bridgehead atoms. The Bertz CT molecular complexity index is 5110. The minimum Gasteiger partial charge on any atom is -0.493 e. The van der Waals surface area contributed by atoms with E-state index in [0.717, 1.165) is 50.7 Å². The van der Waals surface area contributed by atoms with Gasteiger partial charge >= 0.3 is 0 Å². The fourth-order valence-electron chi connectivity index (χ4n) is 11.7. The lowest BCUT2D eigenvalue weighted by Gasteiger charge is -2.36. The smallest absolute Gasteiger partial charge is 0.257 e. The van der Waals surface area contributed by atoms with Crippen molar-refractivity contribution in [3.05, 3.63) is 245 Å². The molecule has 31 heteroatoms. The number of para-hydroxylation sites is 3. The molecule has 10 heterocycles. The predicted molar refractivity (Wildman–Crippen MR) is 456 cm³/mol. The number of anilines is 8. The van der Waals surface area contributed by atoms with Crippen LogP contribution < -0.4 is 41.6 Å². The Hall–Kier alpha value is -10.0. The first-order chi connectivity index (χ1) is 53.9. The molecule has 0 spiro atoms. The molecule has 13 rings (SSSR count). The van der Waals surface area contributed by atoms with Gasteiger partial charge in [-0.15, -0.1) is 0 Å². The fraction of sp³-hybridized carbons (Fsp3) is 0.325. The normalized spacial score (nSPS) is 12.9. The number of rotatable bonds is 21. The van der Waals surface area contributed by atoms with Crippen molar-refractivity contribution in [3.63, 3.8) is 0 Å². The van der Waals surface area contributed by atoms with Gasteiger partial charge in [0.2, 0.25) is 0 Å². The highest BCUT2D eigenvalue weighted by molar-refractivity contribution is 6.74. The van der Waals surface area contributed by atoms with Gasteiger partial charge in [0.05, 0.1) is 150 Å². The van der Waals surface area contributed by atoms with Crippen molar-refractivity contribution in [3.8, 4) is 17.2 Å². The number of nitrogens with two attached hydrogens (primary N) is 2. The quantitative estimate of drug-likeness (QED) is 0.0260. The molecule has 3 aliphatic heterocycles. The molecule has 114 heavy (non-hydrogen) atoms. The van der Waals surface area contributed by atoms with Gasteiger partial charge in [0.1, 0.15) is 16.8 Å². The van der Waals surface area contributed by atoms with Crippen molar-refractivity contribution in [1.29, 1.82) is 0 Å². The number of nitrogens with zero attached hydrogens (tertiary/aromatic N) is 10. The molecule has 0 atom stereocenters. The second-order valence-electron chi connectivity index (χ2n) is 30.4. The van der Waals surface area contributed by atoms with Gasteiger partial charge in [0.25, 0.3) is 17.7 Å². The molecule has 3 aromatic carbocycles. The Morgan fingerprint density at radius 1 is 0.430 bits per heavy atom. The van der Waals surface area contributed by atoms with Crippen LogP contribution in [0.1, 0.15) is 135 Å². The van der Waals surface area contributed by atoms with Crippen LogP contribution in [0.3, 0.4) is 0 Å². The highest BCUT2D eigenvalue weighted by Gasteiger charge is 2.39. The molecule has 25 nitrogen and oxygen atoms in total. The minimum atomic E-state index is -1.86. The maximum Gasteiger partial charge on any atom is 0.257 e. The van der Waals surface area contributed by atoms with Gasteiger partial charge in [-0.2, -0.15) is 0 Å². The van der Waals surface area contributed by atoms with E-state index in [1.54, 1.807) is 117 Å². The van der Waals surface area contributed by atoms with Crippen LogP contribution in [-0.4, -0.2) is 137 Å². The van der Waals surface area contributed by atoms with Crippen molar-refractivity contribution in [2.75, 3.05) is 69.9 Å². The van der Waals surface area contributed by atoms with Gasteiger partial charge in [-0.05, 0) is 162 Å². The molecule has 3 amide bonds. The van der Waals surface area contributed by atoms with Gasteiger partial charge in [-0.3, -0.25) is 34.3 Å². The van der Waals surface area contributed by atoms with E-state index in [1.165, 1.54) is 7.11 Å². The summed E-state index contributed by atoms with van der Waals surface area (Å²) in [6.45, 7) is 24.9. The number of halogens is 4. The van der Waals surface area contributed by atoms with E-state index in [-0.39, 0.29) is 41.0 Å². The van der Waals surface area contributed by atoms with E-state index in [2.05, 4.69) is 115 Å². The summed E-state index contributed by atoms with van der Waals surface area (Å²) in [6.07, 6.45) is 7.78. The van der Waals surface area contributed by atoms with E-state index in [1.807, 2.05) is 72.9 Å². The summed E-state index contributed by atoms with van der Waals surface area (Å²) in [7, 11) is 6.38. The number of carbonyl (C=O) groups excluding carboxylic acids is 3. The summed E-state index contributed by atoms with van der Waals surface area (Å²) in [4.78, 5) is 73.3. The largest absolute Gasteiger partial charge is 0.493 e. The number of ether oxygens (including phenoxy) is 3. The molecule has 0 aliphatic carbocycles. The lowest BCUT2D eigenvalue weighted by atomic mass is 10.1. The van der Waals surface area contributed by atoms with Crippen LogP contribution in [0, 0.1) is 0 Å². The Balaban J connectivity index is 0.000000174. The molecule has 0 saturated carbocycles. The second kappa shape index (κ2) is 38.4. The number of carbonyl (C=O) groups is 3. The Labute approximate surface area is 688 Å². The van der Waals surface area contributed by atoms with E-state index in [9.17, 15) is 19.5 Å². The Kier molecular flexibility index (Phi) is 29.6. The van der Waals surface area contributed by atoms with Crippen LogP contribution >= 0.6 is 46.4 Å². The van der Waals surface area contributed by atoms with Gasteiger partial charge in [-0.1, -0.05) is 106 Å². The average molecular weight is 1660 g/mol. The molecule has 9 N–H and O–H groups in total. The highest BCUT2D eigenvalue weighted by atomic mass is 35.5. The first-order valence-corrected chi connectivity index (χ1v) is 43.9. The summed E-state index contributed by atoms with van der Waals surface area (Å²) in [5, 5.41) is 30.0. The van der Waals surface area contributed by atoms with Crippen LogP contribution in [-0.2, 0) is 67.8 Å². The number of benzene rings is 3. The van der Waals surface area contributed by atoms with Crippen LogP contribution in [0.25, 0.3) is 0 Å². The summed E-state index contributed by atoms with van der Waals surface area (Å²) in [5.74, 6) is 2.27. The van der Waals surface area contributed by atoms with Crippen LogP contribution in [0.15, 0.2) is 146 Å². The number of aromatic nitrogens is 7. The standard InChI is InChI=1S/C28H35ClN4O3Si.C22H21ClN4O3.C15H13Cl2N3O2.C12H22N2OSi.C6H8N2O/c1-28(2,3)37(6,7)36-17-18-11-12-30-19(13-18)14-20-15-23(25-24(31-20)16-33(4)27(25)34)32-22-10-8-9-21(29)26(22)35-5;1-27-11-19-20(22(27)29)18(26-17-5-3-4-16(23)21(17)30-2)10-15(25-19)9-14-8-13(12-28)6-7-24-14;1-20-7-11-13(15(20)21)10(6-12(17)19-11)18-9-5-3-4-8(16)14(9)22-2;1-12(2,3)16(4,5)15-9-10-6-7-14-11(13)8-10;7-6-3-5(4-9)1-2-8-6/h8-13,15H,14,16-17H2,1-7H3,(H,31,32);3-8,10,28H,9,11-12H2,1-2H3,(H,25,26);3-6H,7H2,1-2H3,(H,18,19);6-8H,9H2,1-5H3,(H2,13,14);1-3,9H,4H2,(H2,7,8). The van der Waals surface area contributed by atoms with Gasteiger partial charge in [0.15, 0.2) is 33.9 Å². The number of amides is 3. The summed E-state index contributed by atoms with van der Waals surface area (Å²) in [6, 6.07) is 36.5. The van der Waals surface area contributed by atoms with Gasteiger partial charge in [0, 0.05) is 81.5 Å². The third-order valence-electron chi connectivity index (χ3n) is 19.9. The molecular formula is C83H99Cl4N15O10Si2. The average Bonchev–Trinajstić information content (AvgIpc) is 1.62. The SMILES string of the molecule is CC(C)(C)[Si](C)(C)OCc1ccnc(N)c1.COc1c(Cl)cccc1Nc1cc(Cc2cc(CO)ccn2)nc2c1C(=O)N(C)C2.COc1c(Cl)cccc1Nc1cc(Cc2cc(CO[Si](C)(C)C(C)(C)C)ccn2)nc2c1C(=O)N(C)C2.COc1c(Cl)cccc1Nc1cc(Cl)nc2c1C(=O)N(C)C2.Nc1cc(CO)ccn1. The van der Waals surface area contributed by atoms with E-state index in [0.29, 0.717) is 157 Å². The maximum absolute atomic E-state index is 12.9. The summed E-state index contributed by atoms with van der Waals surface area (Å²) >= 11 is 24.8.